The third-order valence-electron chi connectivity index (χ3n) is 8.49. The number of carbonyl (C=O) groups excluding carboxylic acids is 2. The number of ether oxygens (including phenoxy) is 2. The summed E-state index contributed by atoms with van der Waals surface area (Å²) in [7, 11) is 0. The Morgan fingerprint density at radius 1 is 1.02 bits per heavy atom. The Balaban J connectivity index is 1.54. The number of hydrogen-bond donors (Lipinski definition) is 0. The smallest absolute Gasteiger partial charge is 0.302 e. The molecule has 3 fully saturated rings. The minimum atomic E-state index is -0.351. The molecule has 40 heavy (non-hydrogen) atoms. The van der Waals surface area contributed by atoms with E-state index in [4.69, 9.17) is 32.7 Å². The minimum Gasteiger partial charge on any atom is -0.491 e. The molecule has 0 N–H and O–H groups in total. The first-order valence-corrected chi connectivity index (χ1v) is 15.3. The zero-order valence-corrected chi connectivity index (χ0v) is 25.6. The van der Waals surface area contributed by atoms with Gasteiger partial charge in [-0.1, -0.05) is 41.4 Å². The molecule has 3 saturated heterocycles. The maximum absolute atomic E-state index is 13.7. The van der Waals surface area contributed by atoms with Crippen LogP contribution in [0.5, 0.6) is 5.75 Å². The van der Waals surface area contributed by atoms with Crippen LogP contribution in [0.2, 0.25) is 10.0 Å². The molecule has 3 heterocycles. The molecule has 2 aromatic carbocycles. The second-order valence-corrected chi connectivity index (χ2v) is 12.6. The standard InChI is InChI=1S/C32H43Cl2N2O4/c1-23(2)40-29-6-4-5-26(19-29)20-32(38)35(13-18-39-24(3)37)22-28(27-7-8-30(33)31(34)21-27)12-17-36-14-9-25(10-15-36)11-16-36/h4-8,19,21,23,25,28H,9-18,20,22H2,1-3H3/q+1. The Hall–Kier alpha value is -2.28. The van der Waals surface area contributed by atoms with E-state index in [1.807, 2.05) is 61.2 Å². The highest BCUT2D eigenvalue weighted by Crippen LogP contribution is 2.36. The highest BCUT2D eigenvalue weighted by molar-refractivity contribution is 6.42. The van der Waals surface area contributed by atoms with Crippen molar-refractivity contribution in [3.8, 4) is 5.75 Å². The number of hydrogen-bond acceptors (Lipinski definition) is 4. The van der Waals surface area contributed by atoms with E-state index in [0.717, 1.165) is 35.8 Å². The van der Waals surface area contributed by atoms with Crippen LogP contribution in [0, 0.1) is 5.92 Å². The van der Waals surface area contributed by atoms with Crippen molar-refractivity contribution in [1.29, 1.82) is 0 Å². The van der Waals surface area contributed by atoms with Crippen molar-refractivity contribution in [3.05, 3.63) is 63.6 Å². The Morgan fingerprint density at radius 3 is 2.40 bits per heavy atom. The molecule has 218 valence electrons. The summed E-state index contributed by atoms with van der Waals surface area (Å²) in [6, 6.07) is 13.5. The highest BCUT2D eigenvalue weighted by atomic mass is 35.5. The summed E-state index contributed by atoms with van der Waals surface area (Å²) in [4.78, 5) is 27.1. The average Bonchev–Trinajstić information content (AvgIpc) is 2.92. The zero-order valence-electron chi connectivity index (χ0n) is 24.0. The van der Waals surface area contributed by atoms with E-state index in [0.29, 0.717) is 23.1 Å². The molecule has 0 radical (unpaired) electrons. The van der Waals surface area contributed by atoms with Crippen LogP contribution >= 0.6 is 23.2 Å². The number of halogens is 2. The third-order valence-corrected chi connectivity index (χ3v) is 9.23. The largest absolute Gasteiger partial charge is 0.491 e. The second-order valence-electron chi connectivity index (χ2n) is 11.8. The number of nitrogens with zero attached hydrogens (tertiary/aromatic N) is 2. The van der Waals surface area contributed by atoms with Crippen LogP contribution in [0.3, 0.4) is 0 Å². The van der Waals surface area contributed by atoms with Crippen LogP contribution < -0.4 is 4.74 Å². The summed E-state index contributed by atoms with van der Waals surface area (Å²) < 4.78 is 12.3. The van der Waals surface area contributed by atoms with Gasteiger partial charge < -0.3 is 18.9 Å². The van der Waals surface area contributed by atoms with Crippen LogP contribution in [0.25, 0.3) is 0 Å². The van der Waals surface area contributed by atoms with Crippen LogP contribution in [0.1, 0.15) is 63.5 Å². The van der Waals surface area contributed by atoms with Gasteiger partial charge in [-0.2, -0.15) is 0 Å². The van der Waals surface area contributed by atoms with Crippen molar-refractivity contribution in [2.45, 2.75) is 64.9 Å². The van der Waals surface area contributed by atoms with E-state index >= 15 is 0 Å². The molecule has 3 aliphatic rings. The highest BCUT2D eigenvalue weighted by Gasteiger charge is 2.40. The molecule has 8 heteroatoms. The normalized spacial score (nSPS) is 20.8. The predicted octanol–water partition coefficient (Wildman–Crippen LogP) is 6.52. The van der Waals surface area contributed by atoms with Crippen molar-refractivity contribution >= 4 is 35.1 Å². The molecule has 1 amide bonds. The molecule has 3 aliphatic heterocycles. The topological polar surface area (TPSA) is 55.8 Å². The van der Waals surface area contributed by atoms with Crippen molar-refractivity contribution in [1.82, 2.24) is 4.90 Å². The Kier molecular flexibility index (Phi) is 10.8. The lowest BCUT2D eigenvalue weighted by Gasteiger charge is -2.49. The SMILES string of the molecule is CC(=O)OCCN(CC(CC[N+]12CCC(CC1)CC2)c1ccc(Cl)c(Cl)c1)C(=O)Cc1cccc(OC(C)C)c1. The zero-order chi connectivity index (χ0) is 28.7. The number of benzene rings is 2. The summed E-state index contributed by atoms with van der Waals surface area (Å²) in [5.41, 5.74) is 1.97. The molecule has 2 aromatic rings. The van der Waals surface area contributed by atoms with Gasteiger partial charge in [0.25, 0.3) is 0 Å². The lowest BCUT2D eigenvalue weighted by Crippen LogP contribution is -2.58. The van der Waals surface area contributed by atoms with Gasteiger partial charge in [0, 0.05) is 25.8 Å². The molecular formula is C32H43Cl2N2O4+. The number of rotatable bonds is 13. The summed E-state index contributed by atoms with van der Waals surface area (Å²) in [5, 5.41) is 1.05. The van der Waals surface area contributed by atoms with Gasteiger partial charge in [-0.15, -0.1) is 0 Å². The maximum atomic E-state index is 13.7. The molecule has 0 spiro atoms. The van der Waals surface area contributed by atoms with E-state index < -0.39 is 0 Å². The van der Waals surface area contributed by atoms with Crippen LogP contribution in [0.4, 0.5) is 0 Å². The van der Waals surface area contributed by atoms with Crippen LogP contribution in [0.15, 0.2) is 42.5 Å². The summed E-state index contributed by atoms with van der Waals surface area (Å²) in [5.74, 6) is 1.38. The molecule has 0 aromatic heterocycles. The van der Waals surface area contributed by atoms with Crippen LogP contribution in [-0.2, 0) is 20.7 Å². The monoisotopic (exact) mass is 589 g/mol. The van der Waals surface area contributed by atoms with E-state index in [-0.39, 0.29) is 36.9 Å². The van der Waals surface area contributed by atoms with Crippen molar-refractivity contribution in [2.75, 3.05) is 45.9 Å². The van der Waals surface area contributed by atoms with Gasteiger partial charge in [0.05, 0.1) is 55.3 Å². The molecule has 2 bridgehead atoms. The van der Waals surface area contributed by atoms with Crippen molar-refractivity contribution in [2.24, 2.45) is 5.92 Å². The van der Waals surface area contributed by atoms with Gasteiger partial charge in [0.15, 0.2) is 0 Å². The number of esters is 1. The fraction of sp³-hybridized carbons (Fsp3) is 0.562. The van der Waals surface area contributed by atoms with E-state index in [2.05, 4.69) is 0 Å². The quantitative estimate of drug-likeness (QED) is 0.197. The molecule has 1 unspecified atom stereocenters. The molecule has 6 nitrogen and oxygen atoms in total. The van der Waals surface area contributed by atoms with Gasteiger partial charge >= 0.3 is 5.97 Å². The van der Waals surface area contributed by atoms with Gasteiger partial charge in [0.1, 0.15) is 12.4 Å². The Morgan fingerprint density at radius 2 is 1.75 bits per heavy atom. The van der Waals surface area contributed by atoms with Crippen LogP contribution in [-0.4, -0.2) is 73.2 Å². The fourth-order valence-electron chi connectivity index (χ4n) is 6.20. The Labute approximate surface area is 249 Å². The maximum Gasteiger partial charge on any atom is 0.302 e. The number of fused-ring (bicyclic) bond motifs is 3. The first-order valence-electron chi connectivity index (χ1n) is 14.6. The van der Waals surface area contributed by atoms with Crippen molar-refractivity contribution < 1.29 is 23.5 Å². The summed E-state index contributed by atoms with van der Waals surface area (Å²) in [6.45, 7) is 11.2. The first kappa shape index (κ1) is 30.7. The summed E-state index contributed by atoms with van der Waals surface area (Å²) >= 11 is 12.7. The van der Waals surface area contributed by atoms with Gasteiger partial charge in [-0.25, -0.2) is 0 Å². The minimum absolute atomic E-state index is 0.00950. The average molecular weight is 591 g/mol. The first-order chi connectivity index (χ1) is 19.1. The second kappa shape index (κ2) is 14.1. The van der Waals surface area contributed by atoms with E-state index in [1.165, 1.54) is 50.3 Å². The number of carbonyl (C=O) groups is 2. The molecular weight excluding hydrogens is 547 g/mol. The lowest BCUT2D eigenvalue weighted by molar-refractivity contribution is -0.943. The molecule has 0 saturated carbocycles. The lowest BCUT2D eigenvalue weighted by atomic mass is 9.84. The number of piperidine rings is 3. The Bertz CT molecular complexity index is 1150. The third kappa shape index (κ3) is 8.61. The summed E-state index contributed by atoms with van der Waals surface area (Å²) in [6.07, 6.45) is 5.20. The van der Waals surface area contributed by atoms with E-state index in [9.17, 15) is 9.59 Å². The fourth-order valence-corrected chi connectivity index (χ4v) is 6.51. The number of quaternary nitrogens is 1. The molecule has 1 atom stereocenters. The van der Waals surface area contributed by atoms with Crippen molar-refractivity contribution in [3.63, 3.8) is 0 Å². The van der Waals surface area contributed by atoms with Gasteiger partial charge in [0.2, 0.25) is 5.91 Å². The number of amides is 1. The predicted molar refractivity (Wildman–Crippen MR) is 160 cm³/mol. The van der Waals surface area contributed by atoms with E-state index in [1.54, 1.807) is 0 Å². The van der Waals surface area contributed by atoms with Gasteiger partial charge in [-0.05, 0) is 74.4 Å². The molecule has 0 aliphatic carbocycles. The van der Waals surface area contributed by atoms with Gasteiger partial charge in [-0.3, -0.25) is 9.59 Å². The molecule has 5 rings (SSSR count).